The van der Waals surface area contributed by atoms with E-state index in [1.54, 1.807) is 11.3 Å². The number of thiophene rings is 1. The molecule has 3 aromatic rings. The van der Waals surface area contributed by atoms with E-state index in [1.165, 1.54) is 10.4 Å². The number of hydrogen-bond donors (Lipinski definition) is 0. The molecule has 0 saturated heterocycles. The van der Waals surface area contributed by atoms with E-state index >= 15 is 0 Å². The largest absolute Gasteiger partial charge is 0.303 e. The van der Waals surface area contributed by atoms with Gasteiger partial charge in [0.1, 0.15) is 0 Å². The highest BCUT2D eigenvalue weighted by Gasteiger charge is 2.18. The number of aryl methyl sites for hydroxylation is 2. The van der Waals surface area contributed by atoms with Gasteiger partial charge in [-0.05, 0) is 49.6 Å². The van der Waals surface area contributed by atoms with Gasteiger partial charge < -0.3 is 4.90 Å². The van der Waals surface area contributed by atoms with Crippen molar-refractivity contribution in [2.45, 2.75) is 20.4 Å². The number of rotatable bonds is 4. The van der Waals surface area contributed by atoms with Gasteiger partial charge in [0.2, 0.25) is 0 Å². The normalized spacial score (nSPS) is 10.5. The van der Waals surface area contributed by atoms with Crippen LogP contribution in [0.1, 0.15) is 26.4 Å². The molecule has 3 heteroatoms. The maximum atomic E-state index is 13.0. The van der Waals surface area contributed by atoms with Crippen molar-refractivity contribution in [3.05, 3.63) is 87.6 Å². The molecule has 116 valence electrons. The van der Waals surface area contributed by atoms with E-state index < -0.39 is 0 Å². The fraction of sp³-hybridized carbons (Fsp3) is 0.150. The molecule has 2 aromatic carbocycles. The second-order valence-electron chi connectivity index (χ2n) is 5.68. The topological polar surface area (TPSA) is 20.3 Å². The Kier molecular flexibility index (Phi) is 4.58. The number of anilines is 1. The van der Waals surface area contributed by atoms with Gasteiger partial charge in [0.25, 0.3) is 5.91 Å². The van der Waals surface area contributed by atoms with Gasteiger partial charge in [0, 0.05) is 16.1 Å². The smallest absolute Gasteiger partial charge is 0.258 e. The van der Waals surface area contributed by atoms with Crippen LogP contribution in [0.5, 0.6) is 0 Å². The van der Waals surface area contributed by atoms with Crippen molar-refractivity contribution in [2.75, 3.05) is 4.90 Å². The molecule has 0 aliphatic heterocycles. The van der Waals surface area contributed by atoms with Crippen LogP contribution in [0, 0.1) is 13.8 Å². The van der Waals surface area contributed by atoms with Gasteiger partial charge in [-0.15, -0.1) is 11.3 Å². The summed E-state index contributed by atoms with van der Waals surface area (Å²) in [5.41, 5.74) is 3.93. The second kappa shape index (κ2) is 6.80. The van der Waals surface area contributed by atoms with E-state index in [1.807, 2.05) is 71.8 Å². The molecule has 1 amide bonds. The quantitative estimate of drug-likeness (QED) is 0.646. The van der Waals surface area contributed by atoms with Crippen LogP contribution < -0.4 is 4.90 Å². The summed E-state index contributed by atoms with van der Waals surface area (Å²) in [5.74, 6) is 0.0333. The summed E-state index contributed by atoms with van der Waals surface area (Å²) in [5, 5.41) is 2.04. The Labute approximate surface area is 141 Å². The van der Waals surface area contributed by atoms with Gasteiger partial charge in [-0.1, -0.05) is 41.5 Å². The first-order valence-electron chi connectivity index (χ1n) is 7.61. The van der Waals surface area contributed by atoms with Crippen molar-refractivity contribution >= 4 is 22.9 Å². The van der Waals surface area contributed by atoms with Gasteiger partial charge in [-0.3, -0.25) is 4.79 Å². The van der Waals surface area contributed by atoms with Crippen LogP contribution in [0.15, 0.2) is 66.0 Å². The SMILES string of the molecule is Cc1ccc(N(Cc2cccs2)C(=O)c2cccc(C)c2)cc1. The minimum atomic E-state index is 0.0333. The van der Waals surface area contributed by atoms with Crippen molar-refractivity contribution in [3.63, 3.8) is 0 Å². The molecule has 0 N–H and O–H groups in total. The highest BCUT2D eigenvalue weighted by Crippen LogP contribution is 2.23. The summed E-state index contributed by atoms with van der Waals surface area (Å²) in [6, 6.07) is 19.9. The first-order valence-corrected chi connectivity index (χ1v) is 8.49. The van der Waals surface area contributed by atoms with E-state index in [2.05, 4.69) is 13.0 Å². The van der Waals surface area contributed by atoms with Gasteiger partial charge in [0.05, 0.1) is 6.54 Å². The Hall–Kier alpha value is -2.39. The predicted molar refractivity (Wildman–Crippen MR) is 97.2 cm³/mol. The summed E-state index contributed by atoms with van der Waals surface area (Å²) in [6.07, 6.45) is 0. The molecule has 0 spiro atoms. The van der Waals surface area contributed by atoms with Gasteiger partial charge in [0.15, 0.2) is 0 Å². The zero-order chi connectivity index (χ0) is 16.2. The maximum absolute atomic E-state index is 13.0. The minimum absolute atomic E-state index is 0.0333. The number of carbonyl (C=O) groups excluding carboxylic acids is 1. The third-order valence-electron chi connectivity index (χ3n) is 3.75. The van der Waals surface area contributed by atoms with Crippen LogP contribution in [0.25, 0.3) is 0 Å². The van der Waals surface area contributed by atoms with E-state index in [9.17, 15) is 4.79 Å². The molecular formula is C20H19NOS. The predicted octanol–water partition coefficient (Wildman–Crippen LogP) is 5.21. The first-order chi connectivity index (χ1) is 11.1. The molecule has 1 heterocycles. The molecule has 0 aliphatic carbocycles. The third-order valence-corrected chi connectivity index (χ3v) is 4.61. The molecule has 3 rings (SSSR count). The molecular weight excluding hydrogens is 302 g/mol. The molecule has 2 nitrogen and oxygen atoms in total. The Morgan fingerprint density at radius 3 is 2.39 bits per heavy atom. The zero-order valence-corrected chi connectivity index (χ0v) is 14.1. The molecule has 23 heavy (non-hydrogen) atoms. The average molecular weight is 321 g/mol. The maximum Gasteiger partial charge on any atom is 0.258 e. The fourth-order valence-electron chi connectivity index (χ4n) is 2.50. The zero-order valence-electron chi connectivity index (χ0n) is 13.3. The molecule has 0 radical (unpaired) electrons. The molecule has 0 bridgehead atoms. The third kappa shape index (κ3) is 3.69. The highest BCUT2D eigenvalue weighted by molar-refractivity contribution is 7.09. The van der Waals surface area contributed by atoms with Crippen LogP contribution >= 0.6 is 11.3 Å². The van der Waals surface area contributed by atoms with Crippen molar-refractivity contribution in [3.8, 4) is 0 Å². The molecule has 1 aromatic heterocycles. The van der Waals surface area contributed by atoms with Gasteiger partial charge in [-0.25, -0.2) is 0 Å². The van der Waals surface area contributed by atoms with Crippen molar-refractivity contribution in [1.29, 1.82) is 0 Å². The lowest BCUT2D eigenvalue weighted by Crippen LogP contribution is -2.30. The Morgan fingerprint density at radius 1 is 0.957 bits per heavy atom. The molecule has 0 saturated carbocycles. The summed E-state index contributed by atoms with van der Waals surface area (Å²) >= 11 is 1.67. The van der Waals surface area contributed by atoms with Crippen LogP contribution in [0.4, 0.5) is 5.69 Å². The van der Waals surface area contributed by atoms with E-state index in [4.69, 9.17) is 0 Å². The summed E-state index contributed by atoms with van der Waals surface area (Å²) in [4.78, 5) is 16.1. The fourth-order valence-corrected chi connectivity index (χ4v) is 3.19. The van der Waals surface area contributed by atoms with Crippen molar-refractivity contribution < 1.29 is 4.79 Å². The molecule has 0 fully saturated rings. The second-order valence-corrected chi connectivity index (χ2v) is 6.71. The highest BCUT2D eigenvalue weighted by atomic mass is 32.1. The summed E-state index contributed by atoms with van der Waals surface area (Å²) in [6.45, 7) is 4.65. The molecule has 0 atom stereocenters. The number of benzene rings is 2. The standard InChI is InChI=1S/C20H19NOS/c1-15-8-10-18(11-9-15)21(14-19-7-4-12-23-19)20(22)17-6-3-5-16(2)13-17/h3-13H,14H2,1-2H3. The first kappa shape index (κ1) is 15.5. The monoisotopic (exact) mass is 321 g/mol. The summed E-state index contributed by atoms with van der Waals surface area (Å²) < 4.78 is 0. The molecule has 0 aliphatic rings. The summed E-state index contributed by atoms with van der Waals surface area (Å²) in [7, 11) is 0. The van der Waals surface area contributed by atoms with Crippen LogP contribution in [0.3, 0.4) is 0 Å². The lowest BCUT2D eigenvalue weighted by atomic mass is 10.1. The Balaban J connectivity index is 1.97. The Bertz CT molecular complexity index is 791. The van der Waals surface area contributed by atoms with Crippen LogP contribution in [0.2, 0.25) is 0 Å². The minimum Gasteiger partial charge on any atom is -0.303 e. The number of amides is 1. The lowest BCUT2D eigenvalue weighted by Gasteiger charge is -2.23. The average Bonchev–Trinajstić information content (AvgIpc) is 3.06. The number of hydrogen-bond acceptors (Lipinski definition) is 2. The van der Waals surface area contributed by atoms with E-state index in [0.29, 0.717) is 6.54 Å². The van der Waals surface area contributed by atoms with Crippen LogP contribution in [-0.4, -0.2) is 5.91 Å². The number of carbonyl (C=O) groups is 1. The van der Waals surface area contributed by atoms with Gasteiger partial charge >= 0.3 is 0 Å². The van der Waals surface area contributed by atoms with E-state index in [-0.39, 0.29) is 5.91 Å². The van der Waals surface area contributed by atoms with Crippen molar-refractivity contribution in [2.24, 2.45) is 0 Å². The van der Waals surface area contributed by atoms with Gasteiger partial charge in [-0.2, -0.15) is 0 Å². The van der Waals surface area contributed by atoms with Crippen molar-refractivity contribution in [1.82, 2.24) is 0 Å². The lowest BCUT2D eigenvalue weighted by molar-refractivity contribution is 0.0985. The van der Waals surface area contributed by atoms with Crippen LogP contribution in [-0.2, 0) is 6.54 Å². The van der Waals surface area contributed by atoms with E-state index in [0.717, 1.165) is 16.8 Å². The Morgan fingerprint density at radius 2 is 1.74 bits per heavy atom. The number of nitrogens with zero attached hydrogens (tertiary/aromatic N) is 1. The molecule has 0 unspecified atom stereocenters.